The summed E-state index contributed by atoms with van der Waals surface area (Å²) in [6.45, 7) is 6.64. The Kier molecular flexibility index (Phi) is 5.34. The molecular formula is C16H24FNO. The summed E-state index contributed by atoms with van der Waals surface area (Å²) in [7, 11) is 0. The molecular weight excluding hydrogens is 241 g/mol. The van der Waals surface area contributed by atoms with Crippen LogP contribution in [0.4, 0.5) is 4.39 Å². The molecule has 1 aromatic carbocycles. The van der Waals surface area contributed by atoms with E-state index in [1.165, 1.54) is 0 Å². The topological polar surface area (TPSA) is 21.3 Å². The molecule has 2 nitrogen and oxygen atoms in total. The number of ether oxygens (including phenoxy) is 1. The van der Waals surface area contributed by atoms with Gasteiger partial charge in [-0.15, -0.1) is 0 Å². The summed E-state index contributed by atoms with van der Waals surface area (Å²) >= 11 is 0. The molecule has 1 fully saturated rings. The van der Waals surface area contributed by atoms with Crippen LogP contribution in [0.2, 0.25) is 0 Å². The first-order valence-corrected chi connectivity index (χ1v) is 7.28. The molecule has 0 saturated carbocycles. The van der Waals surface area contributed by atoms with Crippen molar-refractivity contribution in [1.29, 1.82) is 0 Å². The maximum atomic E-state index is 14.0. The second-order valence-electron chi connectivity index (χ2n) is 5.43. The molecule has 0 bridgehead atoms. The molecule has 0 aliphatic carbocycles. The molecule has 1 aliphatic heterocycles. The smallest absolute Gasteiger partial charge is 0.127 e. The van der Waals surface area contributed by atoms with Crippen molar-refractivity contribution in [3.8, 4) is 0 Å². The van der Waals surface area contributed by atoms with E-state index in [0.717, 1.165) is 50.1 Å². The molecule has 1 heterocycles. The second-order valence-corrected chi connectivity index (χ2v) is 5.43. The fourth-order valence-electron chi connectivity index (χ4n) is 2.81. The predicted molar refractivity (Wildman–Crippen MR) is 75.7 cm³/mol. The largest absolute Gasteiger partial charge is 0.381 e. The van der Waals surface area contributed by atoms with Gasteiger partial charge in [-0.3, -0.25) is 0 Å². The third-order valence-electron chi connectivity index (χ3n) is 3.89. The number of benzene rings is 1. The summed E-state index contributed by atoms with van der Waals surface area (Å²) in [6.07, 6.45) is 3.18. The number of rotatable bonds is 5. The van der Waals surface area contributed by atoms with E-state index in [9.17, 15) is 4.39 Å². The van der Waals surface area contributed by atoms with E-state index in [-0.39, 0.29) is 11.9 Å². The van der Waals surface area contributed by atoms with Crippen LogP contribution in [0.15, 0.2) is 18.2 Å². The number of halogens is 1. The van der Waals surface area contributed by atoms with Gasteiger partial charge in [0, 0.05) is 24.8 Å². The lowest BCUT2D eigenvalue weighted by Crippen LogP contribution is -2.27. The van der Waals surface area contributed by atoms with Crippen LogP contribution in [0, 0.1) is 18.7 Å². The summed E-state index contributed by atoms with van der Waals surface area (Å²) in [5.74, 6) is 0.543. The molecule has 0 amide bonds. The second kappa shape index (κ2) is 7.01. The van der Waals surface area contributed by atoms with Crippen molar-refractivity contribution in [2.45, 2.75) is 39.2 Å². The third-order valence-corrected chi connectivity index (χ3v) is 3.89. The van der Waals surface area contributed by atoms with Crippen LogP contribution in [0.5, 0.6) is 0 Å². The van der Waals surface area contributed by atoms with Crippen LogP contribution in [-0.2, 0) is 4.74 Å². The first kappa shape index (κ1) is 14.5. The third kappa shape index (κ3) is 4.02. The van der Waals surface area contributed by atoms with Gasteiger partial charge in [-0.25, -0.2) is 4.39 Å². The molecule has 106 valence electrons. The molecule has 0 spiro atoms. The highest BCUT2D eigenvalue weighted by atomic mass is 19.1. The molecule has 1 aliphatic rings. The van der Waals surface area contributed by atoms with Gasteiger partial charge in [0.05, 0.1) is 0 Å². The number of hydrogen-bond donors (Lipinski definition) is 1. The van der Waals surface area contributed by atoms with Gasteiger partial charge in [-0.2, -0.15) is 0 Å². The van der Waals surface area contributed by atoms with Crippen molar-refractivity contribution in [2.24, 2.45) is 5.92 Å². The fraction of sp³-hybridized carbons (Fsp3) is 0.625. The Hall–Kier alpha value is -0.930. The zero-order valence-electron chi connectivity index (χ0n) is 11.9. The Bertz CT molecular complexity index is 402. The molecule has 1 N–H and O–H groups in total. The minimum atomic E-state index is -0.0939. The minimum absolute atomic E-state index is 0.0939. The summed E-state index contributed by atoms with van der Waals surface area (Å²) in [5.41, 5.74) is 1.93. The van der Waals surface area contributed by atoms with Crippen LogP contribution in [-0.4, -0.2) is 19.8 Å². The maximum Gasteiger partial charge on any atom is 0.127 e. The minimum Gasteiger partial charge on any atom is -0.381 e. The molecule has 1 unspecified atom stereocenters. The van der Waals surface area contributed by atoms with Gasteiger partial charge in [0.25, 0.3) is 0 Å². The Balaban J connectivity index is 2.11. The van der Waals surface area contributed by atoms with Crippen molar-refractivity contribution in [2.75, 3.05) is 19.8 Å². The number of nitrogens with one attached hydrogen (secondary N) is 1. The molecule has 19 heavy (non-hydrogen) atoms. The molecule has 3 heteroatoms. The van der Waals surface area contributed by atoms with Gasteiger partial charge in [0.1, 0.15) is 5.82 Å². The monoisotopic (exact) mass is 265 g/mol. The quantitative estimate of drug-likeness (QED) is 0.878. The Morgan fingerprint density at radius 2 is 2.11 bits per heavy atom. The van der Waals surface area contributed by atoms with Crippen LogP contribution >= 0.6 is 0 Å². The number of hydrogen-bond acceptors (Lipinski definition) is 2. The lowest BCUT2D eigenvalue weighted by Gasteiger charge is -2.27. The van der Waals surface area contributed by atoms with Crippen LogP contribution in [0.1, 0.15) is 43.4 Å². The molecule has 0 aromatic heterocycles. The predicted octanol–water partition coefficient (Wildman–Crippen LogP) is 3.60. The van der Waals surface area contributed by atoms with E-state index in [0.29, 0.717) is 5.92 Å². The molecule has 1 atom stereocenters. The van der Waals surface area contributed by atoms with E-state index < -0.39 is 0 Å². The summed E-state index contributed by atoms with van der Waals surface area (Å²) in [6, 6.07) is 5.50. The Labute approximate surface area is 115 Å². The van der Waals surface area contributed by atoms with E-state index in [2.05, 4.69) is 12.2 Å². The van der Waals surface area contributed by atoms with Gasteiger partial charge < -0.3 is 10.1 Å². The van der Waals surface area contributed by atoms with Crippen LogP contribution in [0.3, 0.4) is 0 Å². The molecule has 0 radical (unpaired) electrons. The standard InChI is InChI=1S/C16H24FNO/c1-3-18-16(11-13-6-8-19-9-7-13)14-10-12(2)4-5-15(14)17/h4-5,10,13,16,18H,3,6-9,11H2,1-2H3. The average Bonchev–Trinajstić information content (AvgIpc) is 2.42. The zero-order valence-corrected chi connectivity index (χ0v) is 11.9. The SMILES string of the molecule is CCNC(CC1CCOCC1)c1cc(C)ccc1F. The normalized spacial score (nSPS) is 18.5. The van der Waals surface area contributed by atoms with Gasteiger partial charge in [0.2, 0.25) is 0 Å². The summed E-state index contributed by atoms with van der Waals surface area (Å²) in [5, 5.41) is 3.43. The number of aryl methyl sites for hydroxylation is 1. The van der Waals surface area contributed by atoms with Crippen molar-refractivity contribution in [1.82, 2.24) is 5.32 Å². The highest BCUT2D eigenvalue weighted by molar-refractivity contribution is 5.27. The lowest BCUT2D eigenvalue weighted by molar-refractivity contribution is 0.0604. The maximum absolute atomic E-state index is 14.0. The average molecular weight is 265 g/mol. The van der Waals surface area contributed by atoms with Crippen LogP contribution in [0.25, 0.3) is 0 Å². The molecule has 1 saturated heterocycles. The first-order valence-electron chi connectivity index (χ1n) is 7.28. The molecule has 1 aromatic rings. The van der Waals surface area contributed by atoms with E-state index >= 15 is 0 Å². The van der Waals surface area contributed by atoms with Gasteiger partial charge >= 0.3 is 0 Å². The van der Waals surface area contributed by atoms with Gasteiger partial charge in [-0.1, -0.05) is 24.6 Å². The van der Waals surface area contributed by atoms with Gasteiger partial charge in [0.15, 0.2) is 0 Å². The Morgan fingerprint density at radius 3 is 2.79 bits per heavy atom. The zero-order chi connectivity index (χ0) is 13.7. The van der Waals surface area contributed by atoms with E-state index in [1.807, 2.05) is 19.1 Å². The van der Waals surface area contributed by atoms with Crippen molar-refractivity contribution >= 4 is 0 Å². The lowest BCUT2D eigenvalue weighted by atomic mass is 9.89. The molecule has 2 rings (SSSR count). The highest BCUT2D eigenvalue weighted by Gasteiger charge is 2.22. The highest BCUT2D eigenvalue weighted by Crippen LogP contribution is 2.29. The van der Waals surface area contributed by atoms with E-state index in [4.69, 9.17) is 4.74 Å². The first-order chi connectivity index (χ1) is 9.20. The van der Waals surface area contributed by atoms with Crippen molar-refractivity contribution in [3.05, 3.63) is 35.1 Å². The van der Waals surface area contributed by atoms with E-state index in [1.54, 1.807) is 6.07 Å². The van der Waals surface area contributed by atoms with Crippen molar-refractivity contribution in [3.63, 3.8) is 0 Å². The summed E-state index contributed by atoms with van der Waals surface area (Å²) < 4.78 is 19.4. The fourth-order valence-corrected chi connectivity index (χ4v) is 2.81. The van der Waals surface area contributed by atoms with Crippen molar-refractivity contribution < 1.29 is 9.13 Å². The van der Waals surface area contributed by atoms with Gasteiger partial charge in [-0.05, 0) is 44.7 Å². The Morgan fingerprint density at radius 1 is 1.37 bits per heavy atom. The summed E-state index contributed by atoms with van der Waals surface area (Å²) in [4.78, 5) is 0. The van der Waals surface area contributed by atoms with Crippen LogP contribution < -0.4 is 5.32 Å².